The van der Waals surface area contributed by atoms with Gasteiger partial charge in [0.25, 0.3) is 17.2 Å². The minimum atomic E-state index is -4.57. The van der Waals surface area contributed by atoms with Crippen LogP contribution in [0, 0.1) is 10.1 Å². The van der Waals surface area contributed by atoms with Crippen LogP contribution in [-0.4, -0.2) is 67.5 Å². The molecule has 1 atom stereocenters. The quantitative estimate of drug-likeness (QED) is 0.0575. The number of para-hydroxylation sites is 1. The van der Waals surface area contributed by atoms with Crippen molar-refractivity contribution < 1.29 is 27.7 Å². The van der Waals surface area contributed by atoms with Gasteiger partial charge in [0.15, 0.2) is 5.16 Å². The highest BCUT2D eigenvalue weighted by molar-refractivity contribution is 7.99. The van der Waals surface area contributed by atoms with E-state index in [0.717, 1.165) is 18.2 Å². The summed E-state index contributed by atoms with van der Waals surface area (Å²) < 4.78 is 41.5. The average molecular weight is 702 g/mol. The van der Waals surface area contributed by atoms with Gasteiger partial charge < -0.3 is 9.80 Å². The van der Waals surface area contributed by atoms with Gasteiger partial charge in [-0.1, -0.05) is 48.0 Å². The zero-order valence-corrected chi connectivity index (χ0v) is 27.4. The van der Waals surface area contributed by atoms with E-state index in [1.54, 1.807) is 34.1 Å². The molecule has 1 fully saturated rings. The van der Waals surface area contributed by atoms with E-state index in [-0.39, 0.29) is 51.5 Å². The molecule has 15 heteroatoms. The Morgan fingerprint density at radius 1 is 1.04 bits per heavy atom. The monoisotopic (exact) mass is 701 g/mol. The van der Waals surface area contributed by atoms with E-state index in [2.05, 4.69) is 4.98 Å². The highest BCUT2D eigenvalue weighted by Gasteiger charge is 2.32. The van der Waals surface area contributed by atoms with Crippen LogP contribution in [0.5, 0.6) is 0 Å². The van der Waals surface area contributed by atoms with Crippen molar-refractivity contribution in [3.8, 4) is 5.69 Å². The lowest BCUT2D eigenvalue weighted by Gasteiger charge is -2.40. The minimum absolute atomic E-state index is 0.0432. The Bertz CT molecular complexity index is 1920. The number of piperazine rings is 1. The molecular weight excluding hydrogens is 671 g/mol. The fraction of sp³-hybridized carbons (Fsp3) is 0.333. The van der Waals surface area contributed by atoms with E-state index in [1.165, 1.54) is 40.6 Å². The highest BCUT2D eigenvalue weighted by atomic mass is 35.5. The third kappa shape index (κ3) is 7.81. The summed E-state index contributed by atoms with van der Waals surface area (Å²) in [5.74, 6) is 0.114. The smallest absolute Gasteiger partial charge is 0.339 e. The van der Waals surface area contributed by atoms with Gasteiger partial charge in [0.05, 0.1) is 27.1 Å². The molecule has 1 unspecified atom stereocenters. The number of hydrogen-bond acceptors (Lipinski definition) is 7. The van der Waals surface area contributed by atoms with Crippen LogP contribution in [0.15, 0.2) is 76.7 Å². The Balaban J connectivity index is 1.15. The largest absolute Gasteiger partial charge is 0.416 e. The summed E-state index contributed by atoms with van der Waals surface area (Å²) >= 11 is 7.14. The van der Waals surface area contributed by atoms with Crippen LogP contribution in [0.2, 0.25) is 5.02 Å². The number of halogens is 4. The van der Waals surface area contributed by atoms with Gasteiger partial charge in [-0.3, -0.25) is 29.1 Å². The van der Waals surface area contributed by atoms with Gasteiger partial charge >= 0.3 is 6.18 Å². The number of nitrogens with zero attached hydrogens (tertiary/aromatic N) is 5. The summed E-state index contributed by atoms with van der Waals surface area (Å²) in [4.78, 5) is 57.9. The predicted molar refractivity (Wildman–Crippen MR) is 177 cm³/mol. The molecule has 252 valence electrons. The summed E-state index contributed by atoms with van der Waals surface area (Å²) in [5, 5.41) is 11.8. The molecule has 0 N–H and O–H groups in total. The molecule has 1 saturated heterocycles. The Kier molecular flexibility index (Phi) is 10.7. The molecule has 1 aliphatic heterocycles. The van der Waals surface area contributed by atoms with Gasteiger partial charge in [-0.2, -0.15) is 13.2 Å². The zero-order chi connectivity index (χ0) is 34.6. The van der Waals surface area contributed by atoms with Crippen molar-refractivity contribution in [3.05, 3.63) is 103 Å². The minimum Gasteiger partial charge on any atom is -0.339 e. The topological polar surface area (TPSA) is 119 Å². The van der Waals surface area contributed by atoms with Crippen LogP contribution in [0.4, 0.5) is 18.9 Å². The van der Waals surface area contributed by atoms with E-state index in [1.807, 2.05) is 6.92 Å². The zero-order valence-electron chi connectivity index (χ0n) is 25.8. The molecule has 10 nitrogen and oxygen atoms in total. The van der Waals surface area contributed by atoms with E-state index >= 15 is 0 Å². The number of benzene rings is 3. The molecular formula is C33H31ClF3N5O5S. The molecule has 4 aromatic rings. The van der Waals surface area contributed by atoms with Gasteiger partial charge in [0, 0.05) is 49.5 Å². The number of carbonyl (C=O) groups is 2. The van der Waals surface area contributed by atoms with Crippen LogP contribution >= 0.6 is 23.4 Å². The van der Waals surface area contributed by atoms with Gasteiger partial charge in [-0.25, -0.2) is 4.98 Å². The van der Waals surface area contributed by atoms with Gasteiger partial charge in [0.1, 0.15) is 5.02 Å². The summed E-state index contributed by atoms with van der Waals surface area (Å²) in [6.07, 6.45) is -2.29. The van der Waals surface area contributed by atoms with Crippen molar-refractivity contribution >= 4 is 51.8 Å². The number of carbonyl (C=O) groups excluding carboxylic acids is 2. The number of nitro benzene ring substituents is 1. The van der Waals surface area contributed by atoms with Crippen LogP contribution < -0.4 is 5.56 Å². The number of aromatic nitrogens is 2. The average Bonchev–Trinajstić information content (AvgIpc) is 3.05. The standard InChI is InChI=1S/C33H31ClF3N5O5S/c1-21-20-39(15-16-40(21)30(44)22-13-14-26(34)28(18-22)42(46)47)29(43)12-3-2-6-17-48-32-38-27-11-5-4-10-25(27)31(45)41(32)24-9-7-8-23(19-24)33(35,36)37/h4-5,7-11,13-14,18-19,21H,2-3,6,12,15-17,20H2,1H3. The number of fused-ring (bicyclic) bond motifs is 1. The number of thioether (sulfide) groups is 1. The Hall–Kier alpha value is -4.43. The normalized spacial score (nSPS) is 15.1. The summed E-state index contributed by atoms with van der Waals surface area (Å²) in [5.41, 5.74) is -0.993. The first-order valence-corrected chi connectivity index (χ1v) is 16.6. The third-order valence-corrected chi connectivity index (χ3v) is 9.42. The van der Waals surface area contributed by atoms with E-state index in [9.17, 15) is 37.7 Å². The Morgan fingerprint density at radius 3 is 2.54 bits per heavy atom. The SMILES string of the molecule is CC1CN(C(=O)CCCCCSc2nc3ccccc3c(=O)n2-c2cccc(C(F)(F)F)c2)CCN1C(=O)c1ccc(Cl)c([N+](=O)[O-])c1. The second-order valence-electron chi connectivity index (χ2n) is 11.4. The van der Waals surface area contributed by atoms with Crippen molar-refractivity contribution in [2.24, 2.45) is 0 Å². The summed E-state index contributed by atoms with van der Waals surface area (Å²) in [6, 6.07) is 14.9. The van der Waals surface area contributed by atoms with Gasteiger partial charge in [-0.15, -0.1) is 0 Å². The van der Waals surface area contributed by atoms with Crippen molar-refractivity contribution in [2.75, 3.05) is 25.4 Å². The molecule has 1 aromatic heterocycles. The fourth-order valence-corrected chi connectivity index (χ4v) is 6.77. The highest BCUT2D eigenvalue weighted by Crippen LogP contribution is 2.31. The second kappa shape index (κ2) is 14.8. The lowest BCUT2D eigenvalue weighted by Crippen LogP contribution is -2.55. The van der Waals surface area contributed by atoms with Crippen LogP contribution in [0.25, 0.3) is 16.6 Å². The lowest BCUT2D eigenvalue weighted by molar-refractivity contribution is -0.384. The maximum absolute atomic E-state index is 13.4. The molecule has 2 amide bonds. The van der Waals surface area contributed by atoms with Crippen LogP contribution in [0.3, 0.4) is 0 Å². The fourth-order valence-electron chi connectivity index (χ4n) is 5.57. The maximum atomic E-state index is 13.4. The number of hydrogen-bond donors (Lipinski definition) is 0. The number of unbranched alkanes of at least 4 members (excludes halogenated alkanes) is 2. The van der Waals surface area contributed by atoms with E-state index in [4.69, 9.17) is 11.6 Å². The molecule has 0 spiro atoms. The Morgan fingerprint density at radius 2 is 1.81 bits per heavy atom. The molecule has 0 aliphatic carbocycles. The number of nitro groups is 1. The van der Waals surface area contributed by atoms with Crippen molar-refractivity contribution in [3.63, 3.8) is 0 Å². The summed E-state index contributed by atoms with van der Waals surface area (Å²) in [7, 11) is 0. The first kappa shape index (κ1) is 34.9. The van der Waals surface area contributed by atoms with Crippen LogP contribution in [-0.2, 0) is 11.0 Å². The first-order chi connectivity index (χ1) is 22.8. The molecule has 1 aliphatic rings. The molecule has 0 radical (unpaired) electrons. The van der Waals surface area contributed by atoms with Gasteiger partial charge in [-0.05, 0) is 62.2 Å². The van der Waals surface area contributed by atoms with E-state index in [0.29, 0.717) is 55.4 Å². The number of amides is 2. The molecule has 0 bridgehead atoms. The number of rotatable bonds is 10. The molecule has 5 rings (SSSR count). The van der Waals surface area contributed by atoms with Gasteiger partial charge in [0.2, 0.25) is 5.91 Å². The van der Waals surface area contributed by atoms with E-state index < -0.39 is 22.2 Å². The Labute approximate surface area is 282 Å². The molecule has 48 heavy (non-hydrogen) atoms. The van der Waals surface area contributed by atoms with Crippen LogP contribution in [0.1, 0.15) is 48.5 Å². The molecule has 3 aromatic carbocycles. The molecule has 0 saturated carbocycles. The summed E-state index contributed by atoms with van der Waals surface area (Å²) in [6.45, 7) is 2.77. The number of alkyl halides is 3. The second-order valence-corrected chi connectivity index (χ2v) is 12.8. The van der Waals surface area contributed by atoms with Crippen molar-refractivity contribution in [1.82, 2.24) is 19.4 Å². The first-order valence-electron chi connectivity index (χ1n) is 15.2. The predicted octanol–water partition coefficient (Wildman–Crippen LogP) is 6.99. The van der Waals surface area contributed by atoms with Crippen molar-refractivity contribution in [1.29, 1.82) is 0 Å². The lowest BCUT2D eigenvalue weighted by atomic mass is 10.1. The van der Waals surface area contributed by atoms with Crippen molar-refractivity contribution in [2.45, 2.75) is 50.0 Å². The third-order valence-electron chi connectivity index (χ3n) is 8.07. The maximum Gasteiger partial charge on any atom is 0.416 e. The molecule has 2 heterocycles.